The first-order valence-corrected chi connectivity index (χ1v) is 6.44. The van der Waals surface area contributed by atoms with Gasteiger partial charge in [0.15, 0.2) is 0 Å². The molecule has 0 aliphatic carbocycles. The van der Waals surface area contributed by atoms with E-state index in [0.29, 0.717) is 18.7 Å². The van der Waals surface area contributed by atoms with Crippen LogP contribution in [0.15, 0.2) is 24.3 Å². The maximum absolute atomic E-state index is 9.00. The number of hydrogen-bond acceptors (Lipinski definition) is 6. The summed E-state index contributed by atoms with van der Waals surface area (Å²) in [5, 5.41) is 44.9. The van der Waals surface area contributed by atoms with Gasteiger partial charge in [-0.05, 0) is 17.7 Å². The lowest BCUT2D eigenvalue weighted by Gasteiger charge is -2.23. The maximum atomic E-state index is 9.00. The van der Waals surface area contributed by atoms with Gasteiger partial charge in [0.2, 0.25) is 5.41 Å². The van der Waals surface area contributed by atoms with Gasteiger partial charge in [0.25, 0.3) is 0 Å². The lowest BCUT2D eigenvalue weighted by Crippen LogP contribution is -2.29. The van der Waals surface area contributed by atoms with E-state index in [9.17, 15) is 0 Å². The molecule has 0 atom stereocenters. The van der Waals surface area contributed by atoms with Gasteiger partial charge in [-0.25, -0.2) is 0 Å². The average molecular weight is 284 g/mol. The molecular weight excluding hydrogens is 268 g/mol. The highest BCUT2D eigenvalue weighted by Gasteiger charge is 2.30. The molecule has 0 fully saturated rings. The van der Waals surface area contributed by atoms with E-state index in [1.54, 1.807) is 42.5 Å². The van der Waals surface area contributed by atoms with Crippen molar-refractivity contribution in [3.8, 4) is 18.2 Å². The number of hydrogen-bond donors (Lipinski definition) is 2. The van der Waals surface area contributed by atoms with Gasteiger partial charge in [0.1, 0.15) is 18.2 Å². The maximum Gasteiger partial charge on any atom is 0.232 e. The third-order valence-corrected chi connectivity index (χ3v) is 3.08. The highest BCUT2D eigenvalue weighted by atomic mass is 16.3. The smallest absolute Gasteiger partial charge is 0.232 e. The highest BCUT2D eigenvalue weighted by molar-refractivity contribution is 5.48. The van der Waals surface area contributed by atoms with Gasteiger partial charge in [-0.3, -0.25) is 0 Å². The van der Waals surface area contributed by atoms with Crippen LogP contribution in [0, 0.1) is 39.4 Å². The van der Waals surface area contributed by atoms with Crippen LogP contribution < -0.4 is 4.90 Å². The topological polar surface area (TPSA) is 115 Å². The third-order valence-electron chi connectivity index (χ3n) is 3.08. The molecule has 1 aromatic carbocycles. The predicted octanol–water partition coefficient (Wildman–Crippen LogP) is 0.577. The molecule has 1 aromatic rings. The molecule has 0 unspecified atom stereocenters. The first-order chi connectivity index (χ1) is 10.1. The Kier molecular flexibility index (Phi) is 6.17. The lowest BCUT2D eigenvalue weighted by atomic mass is 9.86. The Bertz CT molecular complexity index is 536. The van der Waals surface area contributed by atoms with E-state index in [0.717, 1.165) is 5.69 Å². The summed E-state index contributed by atoms with van der Waals surface area (Å²) in [6.45, 7) is 0.751. The second-order valence-electron chi connectivity index (χ2n) is 4.52. The number of nitriles is 3. The SMILES string of the molecule is N#CC(C#N)(C#N)Cc1ccc(N(CCO)CCO)cc1. The zero-order valence-corrected chi connectivity index (χ0v) is 11.5. The summed E-state index contributed by atoms with van der Waals surface area (Å²) >= 11 is 0. The van der Waals surface area contributed by atoms with Crippen LogP contribution in [0.1, 0.15) is 5.56 Å². The summed E-state index contributed by atoms with van der Waals surface area (Å²) in [6, 6.07) is 12.2. The largest absolute Gasteiger partial charge is 0.395 e. The van der Waals surface area contributed by atoms with Crippen molar-refractivity contribution in [1.29, 1.82) is 15.8 Å². The number of benzene rings is 1. The van der Waals surface area contributed by atoms with Gasteiger partial charge in [0, 0.05) is 25.2 Å². The zero-order chi connectivity index (χ0) is 15.7. The number of aliphatic hydroxyl groups is 2. The second kappa shape index (κ2) is 7.87. The molecule has 2 N–H and O–H groups in total. The number of aliphatic hydroxyl groups excluding tert-OH is 2. The molecule has 1 rings (SSSR count). The Hall–Kier alpha value is -2.59. The number of anilines is 1. The van der Waals surface area contributed by atoms with Crippen LogP contribution in [-0.4, -0.2) is 36.5 Å². The fraction of sp³-hybridized carbons (Fsp3) is 0.400. The summed E-state index contributed by atoms with van der Waals surface area (Å²) in [4.78, 5) is 1.82. The van der Waals surface area contributed by atoms with E-state index in [4.69, 9.17) is 26.0 Å². The van der Waals surface area contributed by atoms with Gasteiger partial charge >= 0.3 is 0 Å². The standard InChI is InChI=1S/C15H16N4O2/c16-10-15(11-17,12-18)9-13-1-3-14(4-2-13)19(5-7-20)6-8-21/h1-4,20-21H,5-9H2. The summed E-state index contributed by atoms with van der Waals surface area (Å²) < 4.78 is 0. The molecule has 0 heterocycles. The van der Waals surface area contributed by atoms with Crippen molar-refractivity contribution in [3.63, 3.8) is 0 Å². The normalized spacial score (nSPS) is 10.2. The Morgan fingerprint density at radius 3 is 1.76 bits per heavy atom. The Labute approximate surface area is 123 Å². The molecule has 0 saturated heterocycles. The lowest BCUT2D eigenvalue weighted by molar-refractivity contribution is 0.281. The first kappa shape index (κ1) is 16.5. The van der Waals surface area contributed by atoms with Crippen LogP contribution in [0.4, 0.5) is 5.69 Å². The molecule has 0 aliphatic rings. The molecule has 0 bridgehead atoms. The molecule has 0 saturated carbocycles. The Balaban J connectivity index is 2.90. The molecule has 6 nitrogen and oxygen atoms in total. The molecule has 0 radical (unpaired) electrons. The van der Waals surface area contributed by atoms with Crippen molar-refractivity contribution in [2.75, 3.05) is 31.2 Å². The monoisotopic (exact) mass is 284 g/mol. The molecule has 0 amide bonds. The van der Waals surface area contributed by atoms with Crippen LogP contribution in [0.2, 0.25) is 0 Å². The summed E-state index contributed by atoms with van der Waals surface area (Å²) in [5.74, 6) is 0. The van der Waals surface area contributed by atoms with Crippen LogP contribution in [0.5, 0.6) is 0 Å². The van der Waals surface area contributed by atoms with Crippen LogP contribution in [0.3, 0.4) is 0 Å². The minimum absolute atomic E-state index is 0.0256. The van der Waals surface area contributed by atoms with Crippen LogP contribution in [0.25, 0.3) is 0 Å². The van der Waals surface area contributed by atoms with Crippen molar-refractivity contribution < 1.29 is 10.2 Å². The third kappa shape index (κ3) is 4.19. The number of rotatable bonds is 7. The van der Waals surface area contributed by atoms with E-state index in [1.165, 1.54) is 0 Å². The van der Waals surface area contributed by atoms with E-state index >= 15 is 0 Å². The van der Waals surface area contributed by atoms with Gasteiger partial charge < -0.3 is 15.1 Å². The van der Waals surface area contributed by atoms with E-state index in [2.05, 4.69) is 0 Å². The number of nitrogens with zero attached hydrogens (tertiary/aromatic N) is 4. The van der Waals surface area contributed by atoms with Crippen LogP contribution >= 0.6 is 0 Å². The van der Waals surface area contributed by atoms with Crippen LogP contribution in [-0.2, 0) is 6.42 Å². The molecule has 108 valence electrons. The second-order valence-corrected chi connectivity index (χ2v) is 4.52. The molecular formula is C15H16N4O2. The molecule has 21 heavy (non-hydrogen) atoms. The fourth-order valence-electron chi connectivity index (χ4n) is 1.94. The van der Waals surface area contributed by atoms with Crippen molar-refractivity contribution in [2.45, 2.75) is 6.42 Å². The van der Waals surface area contributed by atoms with E-state index in [-0.39, 0.29) is 19.6 Å². The molecule has 0 spiro atoms. The predicted molar refractivity (Wildman–Crippen MR) is 75.8 cm³/mol. The zero-order valence-electron chi connectivity index (χ0n) is 11.5. The molecule has 0 aliphatic heterocycles. The molecule has 0 aromatic heterocycles. The van der Waals surface area contributed by atoms with Crippen molar-refractivity contribution >= 4 is 5.69 Å². The molecule has 6 heteroatoms. The first-order valence-electron chi connectivity index (χ1n) is 6.44. The van der Waals surface area contributed by atoms with Gasteiger partial charge in [-0.2, -0.15) is 15.8 Å². The van der Waals surface area contributed by atoms with Crippen molar-refractivity contribution in [2.24, 2.45) is 5.41 Å². The summed E-state index contributed by atoms with van der Waals surface area (Å²) in [5.41, 5.74) is -0.146. The van der Waals surface area contributed by atoms with Gasteiger partial charge in [-0.1, -0.05) is 12.1 Å². The van der Waals surface area contributed by atoms with Crippen molar-refractivity contribution in [1.82, 2.24) is 0 Å². The fourth-order valence-corrected chi connectivity index (χ4v) is 1.94. The summed E-state index contributed by atoms with van der Waals surface area (Å²) in [7, 11) is 0. The van der Waals surface area contributed by atoms with Gasteiger partial charge in [0.05, 0.1) is 13.2 Å². The highest BCUT2D eigenvalue weighted by Crippen LogP contribution is 2.23. The Morgan fingerprint density at radius 2 is 1.38 bits per heavy atom. The van der Waals surface area contributed by atoms with Gasteiger partial charge in [-0.15, -0.1) is 0 Å². The van der Waals surface area contributed by atoms with E-state index in [1.807, 2.05) is 4.90 Å². The summed E-state index contributed by atoms with van der Waals surface area (Å²) in [6.07, 6.45) is 0.0385. The van der Waals surface area contributed by atoms with E-state index < -0.39 is 5.41 Å². The average Bonchev–Trinajstić information content (AvgIpc) is 2.53. The van der Waals surface area contributed by atoms with Crippen molar-refractivity contribution in [3.05, 3.63) is 29.8 Å². The Morgan fingerprint density at radius 1 is 0.905 bits per heavy atom. The quantitative estimate of drug-likeness (QED) is 0.756. The minimum Gasteiger partial charge on any atom is -0.395 e. The minimum atomic E-state index is -1.67.